The molecule has 2 heterocycles. The van der Waals surface area contributed by atoms with E-state index in [1.807, 2.05) is 18.3 Å². The third-order valence-electron chi connectivity index (χ3n) is 5.22. The highest BCUT2D eigenvalue weighted by Crippen LogP contribution is 2.21. The largest absolute Gasteiger partial charge is 0.357 e. The van der Waals surface area contributed by atoms with Gasteiger partial charge < -0.3 is 10.2 Å². The zero-order valence-corrected chi connectivity index (χ0v) is 16.5. The molecule has 0 spiro atoms. The van der Waals surface area contributed by atoms with E-state index in [1.165, 1.54) is 24.0 Å². The average Bonchev–Trinajstić information content (AvgIpc) is 2.67. The Morgan fingerprint density at radius 3 is 2.67 bits per heavy atom. The summed E-state index contributed by atoms with van der Waals surface area (Å²) in [4.78, 5) is 19.0. The van der Waals surface area contributed by atoms with Crippen LogP contribution < -0.4 is 10.2 Å². The number of carbonyl (C=O) groups excluding carboxylic acids is 1. The SMILES string of the molecule is Cc1ccc(C=CC(=O)NCc2ccc(N3CCC(C)CC3)nc2)c(C)c1. The zero-order chi connectivity index (χ0) is 19.2. The molecule has 1 aromatic heterocycles. The smallest absolute Gasteiger partial charge is 0.244 e. The average molecular weight is 364 g/mol. The second-order valence-corrected chi connectivity index (χ2v) is 7.61. The van der Waals surface area contributed by atoms with Crippen LogP contribution in [0.2, 0.25) is 0 Å². The fraction of sp³-hybridized carbons (Fsp3) is 0.391. The van der Waals surface area contributed by atoms with Gasteiger partial charge in [0.05, 0.1) is 0 Å². The fourth-order valence-corrected chi connectivity index (χ4v) is 3.37. The van der Waals surface area contributed by atoms with Crippen LogP contribution in [-0.2, 0) is 11.3 Å². The van der Waals surface area contributed by atoms with Gasteiger partial charge in [0.15, 0.2) is 0 Å². The van der Waals surface area contributed by atoms with Crippen LogP contribution in [0.5, 0.6) is 0 Å². The number of aromatic nitrogens is 1. The lowest BCUT2D eigenvalue weighted by molar-refractivity contribution is -0.116. The second kappa shape index (κ2) is 8.85. The van der Waals surface area contributed by atoms with Crippen LogP contribution in [0.3, 0.4) is 0 Å². The molecule has 0 saturated carbocycles. The van der Waals surface area contributed by atoms with Gasteiger partial charge in [-0.2, -0.15) is 0 Å². The van der Waals surface area contributed by atoms with E-state index < -0.39 is 0 Å². The van der Waals surface area contributed by atoms with Gasteiger partial charge in [-0.3, -0.25) is 4.79 Å². The molecule has 1 amide bonds. The Balaban J connectivity index is 1.50. The molecule has 0 atom stereocenters. The summed E-state index contributed by atoms with van der Waals surface area (Å²) in [6.45, 7) is 9.07. The molecule has 0 bridgehead atoms. The minimum absolute atomic E-state index is 0.0935. The minimum Gasteiger partial charge on any atom is -0.357 e. The molecule has 0 radical (unpaired) electrons. The summed E-state index contributed by atoms with van der Waals surface area (Å²) in [6.07, 6.45) is 7.78. The number of benzene rings is 1. The van der Waals surface area contributed by atoms with Crippen molar-refractivity contribution < 1.29 is 4.79 Å². The third kappa shape index (κ3) is 5.43. The lowest BCUT2D eigenvalue weighted by atomic mass is 9.99. The molecule has 1 N–H and O–H groups in total. The van der Waals surface area contributed by atoms with E-state index in [-0.39, 0.29) is 5.91 Å². The number of carbonyl (C=O) groups is 1. The summed E-state index contributed by atoms with van der Waals surface area (Å²) in [7, 11) is 0. The molecular formula is C23H29N3O. The third-order valence-corrected chi connectivity index (χ3v) is 5.22. The highest BCUT2D eigenvalue weighted by Gasteiger charge is 2.16. The lowest BCUT2D eigenvalue weighted by Gasteiger charge is -2.31. The zero-order valence-electron chi connectivity index (χ0n) is 16.5. The minimum atomic E-state index is -0.0935. The number of nitrogens with one attached hydrogen (secondary N) is 1. The van der Waals surface area contributed by atoms with Gasteiger partial charge in [-0.1, -0.05) is 36.8 Å². The van der Waals surface area contributed by atoms with Crippen molar-refractivity contribution in [1.82, 2.24) is 10.3 Å². The van der Waals surface area contributed by atoms with E-state index in [0.717, 1.165) is 36.0 Å². The molecule has 0 aliphatic carbocycles. The number of hydrogen-bond donors (Lipinski definition) is 1. The van der Waals surface area contributed by atoms with Gasteiger partial charge in [-0.15, -0.1) is 0 Å². The first-order valence-electron chi connectivity index (χ1n) is 9.74. The van der Waals surface area contributed by atoms with Crippen molar-refractivity contribution >= 4 is 17.8 Å². The normalized spacial score (nSPS) is 15.3. The Bertz CT molecular complexity index is 803. The lowest BCUT2D eigenvalue weighted by Crippen LogP contribution is -2.33. The molecule has 1 saturated heterocycles. The van der Waals surface area contributed by atoms with E-state index in [0.29, 0.717) is 6.54 Å². The molecule has 1 fully saturated rings. The Morgan fingerprint density at radius 1 is 1.22 bits per heavy atom. The Kier molecular flexibility index (Phi) is 6.28. The maximum Gasteiger partial charge on any atom is 0.244 e. The maximum absolute atomic E-state index is 12.1. The summed E-state index contributed by atoms with van der Waals surface area (Å²) in [5.74, 6) is 1.75. The summed E-state index contributed by atoms with van der Waals surface area (Å²) < 4.78 is 0. The molecule has 3 rings (SSSR count). The van der Waals surface area contributed by atoms with Crippen LogP contribution in [0, 0.1) is 19.8 Å². The van der Waals surface area contributed by atoms with Gasteiger partial charge >= 0.3 is 0 Å². The summed E-state index contributed by atoms with van der Waals surface area (Å²) in [6, 6.07) is 10.3. The van der Waals surface area contributed by atoms with Crippen molar-refractivity contribution in [1.29, 1.82) is 0 Å². The van der Waals surface area contributed by atoms with E-state index in [2.05, 4.69) is 60.2 Å². The van der Waals surface area contributed by atoms with Crippen LogP contribution in [-0.4, -0.2) is 24.0 Å². The van der Waals surface area contributed by atoms with Gasteiger partial charge in [-0.05, 0) is 61.4 Å². The highest BCUT2D eigenvalue weighted by molar-refractivity contribution is 5.91. The van der Waals surface area contributed by atoms with Gasteiger partial charge in [0.1, 0.15) is 5.82 Å². The number of pyridine rings is 1. The number of amides is 1. The van der Waals surface area contributed by atoms with Crippen molar-refractivity contribution in [3.63, 3.8) is 0 Å². The van der Waals surface area contributed by atoms with E-state index in [1.54, 1.807) is 6.08 Å². The van der Waals surface area contributed by atoms with Crippen LogP contribution in [0.25, 0.3) is 6.08 Å². The van der Waals surface area contributed by atoms with E-state index in [9.17, 15) is 4.79 Å². The standard InChI is InChI=1S/C23H29N3O/c1-17-10-12-26(13-11-17)22-8-5-20(15-24-22)16-25-23(27)9-7-21-6-4-18(2)14-19(21)3/h4-9,14-15,17H,10-13,16H2,1-3H3,(H,25,27). The Labute approximate surface area is 162 Å². The summed E-state index contributed by atoms with van der Waals surface area (Å²) in [5, 5.41) is 2.93. The van der Waals surface area contributed by atoms with Crippen LogP contribution in [0.4, 0.5) is 5.82 Å². The number of piperidine rings is 1. The number of anilines is 1. The topological polar surface area (TPSA) is 45.2 Å². The molecule has 27 heavy (non-hydrogen) atoms. The Morgan fingerprint density at radius 2 is 2.00 bits per heavy atom. The molecule has 2 aromatic rings. The van der Waals surface area contributed by atoms with Crippen LogP contribution in [0.15, 0.2) is 42.6 Å². The predicted octanol–water partition coefficient (Wildman–Crippen LogP) is 4.26. The van der Waals surface area contributed by atoms with Crippen molar-refractivity contribution in [3.8, 4) is 0 Å². The molecule has 0 unspecified atom stereocenters. The molecule has 142 valence electrons. The molecule has 4 nitrogen and oxygen atoms in total. The molecule has 4 heteroatoms. The van der Waals surface area contributed by atoms with Gasteiger partial charge in [0.2, 0.25) is 5.91 Å². The van der Waals surface area contributed by atoms with E-state index in [4.69, 9.17) is 0 Å². The first-order chi connectivity index (χ1) is 13.0. The van der Waals surface area contributed by atoms with Gasteiger partial charge in [-0.25, -0.2) is 4.98 Å². The first kappa shape index (κ1) is 19.2. The second-order valence-electron chi connectivity index (χ2n) is 7.61. The number of nitrogens with zero attached hydrogens (tertiary/aromatic N) is 2. The number of aryl methyl sites for hydroxylation is 2. The number of rotatable bonds is 5. The monoisotopic (exact) mass is 363 g/mol. The molecular weight excluding hydrogens is 334 g/mol. The van der Waals surface area contributed by atoms with Crippen molar-refractivity contribution in [2.45, 2.75) is 40.2 Å². The van der Waals surface area contributed by atoms with Crippen LogP contribution in [0.1, 0.15) is 42.0 Å². The van der Waals surface area contributed by atoms with Gasteiger partial charge in [0.25, 0.3) is 0 Å². The Hall–Kier alpha value is -2.62. The molecule has 1 aromatic carbocycles. The van der Waals surface area contributed by atoms with Crippen molar-refractivity contribution in [3.05, 3.63) is 64.9 Å². The van der Waals surface area contributed by atoms with Crippen LogP contribution >= 0.6 is 0 Å². The fourth-order valence-electron chi connectivity index (χ4n) is 3.37. The highest BCUT2D eigenvalue weighted by atomic mass is 16.1. The predicted molar refractivity (Wildman–Crippen MR) is 112 cm³/mol. The molecule has 1 aliphatic heterocycles. The van der Waals surface area contributed by atoms with Gasteiger partial charge in [0, 0.05) is 31.9 Å². The molecule has 1 aliphatic rings. The first-order valence-corrected chi connectivity index (χ1v) is 9.74. The van der Waals surface area contributed by atoms with E-state index >= 15 is 0 Å². The quantitative estimate of drug-likeness (QED) is 0.807. The summed E-state index contributed by atoms with van der Waals surface area (Å²) >= 11 is 0. The number of hydrogen-bond acceptors (Lipinski definition) is 3. The maximum atomic E-state index is 12.1. The summed E-state index contributed by atoms with van der Waals surface area (Å²) in [5.41, 5.74) is 4.48. The van der Waals surface area contributed by atoms with Crippen molar-refractivity contribution in [2.24, 2.45) is 5.92 Å². The van der Waals surface area contributed by atoms with Crippen molar-refractivity contribution in [2.75, 3.05) is 18.0 Å².